The zero-order chi connectivity index (χ0) is 18.3. The van der Waals surface area contributed by atoms with Crippen molar-refractivity contribution in [3.05, 3.63) is 24.3 Å². The van der Waals surface area contributed by atoms with E-state index in [1.807, 2.05) is 13.8 Å². The minimum Gasteiger partial charge on any atom is -0.467 e. The van der Waals surface area contributed by atoms with Crippen LogP contribution in [0.4, 0.5) is 23.7 Å². The van der Waals surface area contributed by atoms with E-state index in [4.69, 9.17) is 0 Å². The Morgan fingerprint density at radius 3 is 2.25 bits per heavy atom. The number of amides is 2. The maximum atomic E-state index is 12.2. The van der Waals surface area contributed by atoms with Gasteiger partial charge in [0.15, 0.2) is 0 Å². The Morgan fingerprint density at radius 2 is 1.79 bits per heavy atom. The Bertz CT molecular complexity index is 562. The van der Waals surface area contributed by atoms with Gasteiger partial charge in [-0.1, -0.05) is 13.8 Å². The lowest BCUT2D eigenvalue weighted by Gasteiger charge is -2.18. The summed E-state index contributed by atoms with van der Waals surface area (Å²) < 4.78 is 41.4. The fourth-order valence-electron chi connectivity index (χ4n) is 1.89. The number of methoxy groups -OCH3 is 1. The number of urea groups is 1. The van der Waals surface area contributed by atoms with Crippen LogP contribution in [-0.2, 0) is 9.53 Å². The SMILES string of the molecule is COC(=O)C(CC(C)C)NC(=O)Nc1ccc(SC(F)(F)F)cc1. The Balaban J connectivity index is 2.64. The highest BCUT2D eigenvalue weighted by Crippen LogP contribution is 2.36. The number of hydrogen-bond acceptors (Lipinski definition) is 4. The molecular formula is C15H19F3N2O3S. The van der Waals surface area contributed by atoms with Crippen molar-refractivity contribution in [2.24, 2.45) is 5.92 Å². The number of ether oxygens (including phenoxy) is 1. The van der Waals surface area contributed by atoms with Gasteiger partial charge < -0.3 is 15.4 Å². The highest BCUT2D eigenvalue weighted by atomic mass is 32.2. The van der Waals surface area contributed by atoms with Crippen molar-refractivity contribution < 1.29 is 27.5 Å². The lowest BCUT2D eigenvalue weighted by Crippen LogP contribution is -2.44. The molecule has 24 heavy (non-hydrogen) atoms. The molecule has 9 heteroatoms. The van der Waals surface area contributed by atoms with Gasteiger partial charge in [0, 0.05) is 10.6 Å². The number of rotatable bonds is 6. The van der Waals surface area contributed by atoms with Gasteiger partial charge in [-0.05, 0) is 48.4 Å². The molecule has 134 valence electrons. The Hall–Kier alpha value is -1.90. The number of halogens is 3. The molecule has 0 radical (unpaired) electrons. The number of nitrogens with one attached hydrogen (secondary N) is 2. The third kappa shape index (κ3) is 7.58. The van der Waals surface area contributed by atoms with Crippen LogP contribution >= 0.6 is 11.8 Å². The number of benzene rings is 1. The van der Waals surface area contributed by atoms with Crippen molar-refractivity contribution in [3.63, 3.8) is 0 Å². The number of esters is 1. The van der Waals surface area contributed by atoms with Crippen LogP contribution in [0.25, 0.3) is 0 Å². The maximum Gasteiger partial charge on any atom is 0.446 e. The summed E-state index contributed by atoms with van der Waals surface area (Å²) in [4.78, 5) is 23.6. The van der Waals surface area contributed by atoms with Crippen molar-refractivity contribution in [2.45, 2.75) is 36.7 Å². The molecule has 1 unspecified atom stereocenters. The number of thioether (sulfide) groups is 1. The molecular weight excluding hydrogens is 345 g/mol. The smallest absolute Gasteiger partial charge is 0.446 e. The topological polar surface area (TPSA) is 67.4 Å². The molecule has 1 rings (SSSR count). The third-order valence-corrected chi connectivity index (χ3v) is 3.58. The van der Waals surface area contributed by atoms with Gasteiger partial charge in [0.05, 0.1) is 7.11 Å². The average Bonchev–Trinajstić information content (AvgIpc) is 2.45. The van der Waals surface area contributed by atoms with Gasteiger partial charge in [-0.3, -0.25) is 0 Å². The van der Waals surface area contributed by atoms with Gasteiger partial charge in [-0.25, -0.2) is 9.59 Å². The molecule has 1 aromatic carbocycles. The van der Waals surface area contributed by atoms with Gasteiger partial charge >= 0.3 is 17.5 Å². The van der Waals surface area contributed by atoms with Crippen LogP contribution in [-0.4, -0.2) is 30.7 Å². The van der Waals surface area contributed by atoms with Crippen LogP contribution in [0.2, 0.25) is 0 Å². The molecule has 0 bridgehead atoms. The monoisotopic (exact) mass is 364 g/mol. The summed E-state index contributed by atoms with van der Waals surface area (Å²) in [5.41, 5.74) is -4.05. The second-order valence-corrected chi connectivity index (χ2v) is 6.51. The molecule has 0 saturated carbocycles. The van der Waals surface area contributed by atoms with Crippen LogP contribution in [0.1, 0.15) is 20.3 Å². The van der Waals surface area contributed by atoms with E-state index in [2.05, 4.69) is 15.4 Å². The molecule has 0 aliphatic rings. The molecule has 0 saturated heterocycles. The van der Waals surface area contributed by atoms with Gasteiger partial charge in [0.1, 0.15) is 6.04 Å². The number of hydrogen-bond donors (Lipinski definition) is 2. The zero-order valence-corrected chi connectivity index (χ0v) is 14.3. The van der Waals surface area contributed by atoms with E-state index in [1.54, 1.807) is 0 Å². The molecule has 0 aliphatic carbocycles. The normalized spacial score (nSPS) is 12.6. The Kier molecular flexibility index (Phi) is 7.40. The predicted molar refractivity (Wildman–Crippen MR) is 85.8 cm³/mol. The fraction of sp³-hybridized carbons (Fsp3) is 0.467. The first-order chi connectivity index (χ1) is 11.1. The quantitative estimate of drug-likeness (QED) is 0.591. The first-order valence-electron chi connectivity index (χ1n) is 7.12. The van der Waals surface area contributed by atoms with Crippen LogP contribution in [0.15, 0.2) is 29.2 Å². The van der Waals surface area contributed by atoms with E-state index in [-0.39, 0.29) is 22.6 Å². The molecule has 5 nitrogen and oxygen atoms in total. The van der Waals surface area contributed by atoms with E-state index >= 15 is 0 Å². The number of anilines is 1. The second kappa shape index (κ2) is 8.81. The lowest BCUT2D eigenvalue weighted by molar-refractivity contribution is -0.143. The van der Waals surface area contributed by atoms with Gasteiger partial charge in [0.2, 0.25) is 0 Å². The first-order valence-corrected chi connectivity index (χ1v) is 7.93. The highest BCUT2D eigenvalue weighted by molar-refractivity contribution is 8.00. The van der Waals surface area contributed by atoms with Gasteiger partial charge in [-0.15, -0.1) is 0 Å². The van der Waals surface area contributed by atoms with Gasteiger partial charge in [0.25, 0.3) is 0 Å². The second-order valence-electron chi connectivity index (χ2n) is 5.38. The minimum absolute atomic E-state index is 0.0145. The molecule has 0 fully saturated rings. The van der Waals surface area contributed by atoms with Crippen molar-refractivity contribution >= 4 is 29.4 Å². The minimum atomic E-state index is -4.36. The summed E-state index contributed by atoms with van der Waals surface area (Å²) in [6.45, 7) is 3.79. The molecule has 0 aliphatic heterocycles. The predicted octanol–water partition coefficient (Wildman–Crippen LogP) is 4.01. The zero-order valence-electron chi connectivity index (χ0n) is 13.4. The van der Waals surface area contributed by atoms with Crippen molar-refractivity contribution in [3.8, 4) is 0 Å². The highest BCUT2D eigenvalue weighted by Gasteiger charge is 2.29. The van der Waals surface area contributed by atoms with Crippen molar-refractivity contribution in [1.82, 2.24) is 5.32 Å². The summed E-state index contributed by atoms with van der Waals surface area (Å²) in [5, 5.41) is 4.96. The standard InChI is InChI=1S/C15H19F3N2O3S/c1-9(2)8-12(13(21)23-3)20-14(22)19-10-4-6-11(7-5-10)24-15(16,17)18/h4-7,9,12H,8H2,1-3H3,(H2,19,20,22). The van der Waals surface area contributed by atoms with E-state index < -0.39 is 23.6 Å². The summed E-state index contributed by atoms with van der Waals surface area (Å²) in [6.07, 6.45) is 0.404. The average molecular weight is 364 g/mol. The van der Waals surface area contributed by atoms with E-state index in [1.165, 1.54) is 31.4 Å². The number of alkyl halides is 3. The summed E-state index contributed by atoms with van der Waals surface area (Å²) in [7, 11) is 1.23. The fourth-order valence-corrected chi connectivity index (χ4v) is 2.43. The molecule has 0 aromatic heterocycles. The summed E-state index contributed by atoms with van der Waals surface area (Å²) >= 11 is -0.237. The van der Waals surface area contributed by atoms with Crippen LogP contribution in [0.3, 0.4) is 0 Å². The molecule has 0 heterocycles. The summed E-state index contributed by atoms with van der Waals surface area (Å²) in [5.74, 6) is -0.399. The summed E-state index contributed by atoms with van der Waals surface area (Å²) in [6, 6.07) is 3.77. The van der Waals surface area contributed by atoms with Crippen LogP contribution in [0.5, 0.6) is 0 Å². The number of carbonyl (C=O) groups excluding carboxylic acids is 2. The molecule has 2 amide bonds. The van der Waals surface area contributed by atoms with E-state index in [9.17, 15) is 22.8 Å². The molecule has 2 N–H and O–H groups in total. The Labute approximate surface area is 142 Å². The van der Waals surface area contributed by atoms with Crippen LogP contribution < -0.4 is 10.6 Å². The van der Waals surface area contributed by atoms with Crippen LogP contribution in [0, 0.1) is 5.92 Å². The maximum absolute atomic E-state index is 12.2. The van der Waals surface area contributed by atoms with Crippen molar-refractivity contribution in [2.75, 3.05) is 12.4 Å². The third-order valence-electron chi connectivity index (χ3n) is 2.84. The lowest BCUT2D eigenvalue weighted by atomic mass is 10.0. The molecule has 0 spiro atoms. The molecule has 1 aromatic rings. The Morgan fingerprint density at radius 1 is 1.21 bits per heavy atom. The van der Waals surface area contributed by atoms with Crippen molar-refractivity contribution in [1.29, 1.82) is 0 Å². The first kappa shape index (κ1) is 20.1. The van der Waals surface area contributed by atoms with E-state index in [0.29, 0.717) is 12.1 Å². The van der Waals surface area contributed by atoms with E-state index in [0.717, 1.165) is 0 Å². The molecule has 1 atom stereocenters. The largest absolute Gasteiger partial charge is 0.467 e. The van der Waals surface area contributed by atoms with Gasteiger partial charge in [-0.2, -0.15) is 13.2 Å². The number of carbonyl (C=O) groups is 2.